The van der Waals surface area contributed by atoms with E-state index in [2.05, 4.69) is 9.80 Å². The van der Waals surface area contributed by atoms with E-state index in [0.29, 0.717) is 18.1 Å². The molecule has 0 saturated carbocycles. The van der Waals surface area contributed by atoms with Gasteiger partial charge in [-0.05, 0) is 32.1 Å². The van der Waals surface area contributed by atoms with Crippen molar-refractivity contribution in [2.75, 3.05) is 13.1 Å². The molecule has 3 fully saturated rings. The van der Waals surface area contributed by atoms with E-state index in [9.17, 15) is 4.79 Å². The van der Waals surface area contributed by atoms with Crippen molar-refractivity contribution in [2.24, 2.45) is 0 Å². The largest absolute Gasteiger partial charge is 0.322 e. The van der Waals surface area contributed by atoms with Gasteiger partial charge >= 0.3 is 6.03 Å². The van der Waals surface area contributed by atoms with Crippen molar-refractivity contribution < 1.29 is 4.79 Å². The first-order chi connectivity index (χ1) is 6.36. The monoisotopic (exact) mass is 180 g/mol. The summed E-state index contributed by atoms with van der Waals surface area (Å²) in [6.07, 6.45) is 6.17. The van der Waals surface area contributed by atoms with Crippen LogP contribution in [0.4, 0.5) is 4.79 Å². The highest BCUT2D eigenvalue weighted by Crippen LogP contribution is 2.34. The van der Waals surface area contributed by atoms with Crippen LogP contribution in [0.1, 0.15) is 32.1 Å². The van der Waals surface area contributed by atoms with Gasteiger partial charge in [-0.2, -0.15) is 0 Å². The number of amides is 2. The average molecular weight is 180 g/mol. The van der Waals surface area contributed by atoms with Crippen LogP contribution < -0.4 is 0 Å². The van der Waals surface area contributed by atoms with E-state index in [4.69, 9.17) is 0 Å². The Balaban J connectivity index is 1.86. The molecule has 3 nitrogen and oxygen atoms in total. The Morgan fingerprint density at radius 1 is 1.00 bits per heavy atom. The Morgan fingerprint density at radius 3 is 2.08 bits per heavy atom. The highest BCUT2D eigenvalue weighted by Gasteiger charge is 2.43. The zero-order valence-corrected chi connectivity index (χ0v) is 7.91. The minimum Gasteiger partial charge on any atom is -0.322 e. The average Bonchev–Trinajstić information content (AvgIpc) is 2.71. The molecule has 0 aromatic rings. The van der Waals surface area contributed by atoms with E-state index < -0.39 is 0 Å². The zero-order valence-electron chi connectivity index (χ0n) is 7.91. The molecule has 0 N–H and O–H groups in total. The minimum absolute atomic E-state index is 0.330. The normalized spacial score (nSPS) is 38.0. The highest BCUT2D eigenvalue weighted by atomic mass is 16.2. The van der Waals surface area contributed by atoms with Crippen LogP contribution in [0.25, 0.3) is 0 Å². The van der Waals surface area contributed by atoms with Crippen LogP contribution in [0.3, 0.4) is 0 Å². The number of hydrogen-bond acceptors (Lipinski definition) is 1. The molecule has 3 saturated heterocycles. The van der Waals surface area contributed by atoms with E-state index in [1.807, 2.05) is 0 Å². The molecule has 3 aliphatic heterocycles. The van der Waals surface area contributed by atoms with Gasteiger partial charge in [0.2, 0.25) is 0 Å². The van der Waals surface area contributed by atoms with Gasteiger partial charge in [-0.25, -0.2) is 4.79 Å². The Kier molecular flexibility index (Phi) is 1.55. The van der Waals surface area contributed by atoms with Crippen molar-refractivity contribution in [3.05, 3.63) is 0 Å². The molecule has 3 heterocycles. The lowest BCUT2D eigenvalue weighted by atomic mass is 10.0. The molecule has 72 valence electrons. The summed E-state index contributed by atoms with van der Waals surface area (Å²) in [5.41, 5.74) is 0. The quantitative estimate of drug-likeness (QED) is 0.553. The Hall–Kier alpha value is -0.730. The van der Waals surface area contributed by atoms with E-state index in [1.165, 1.54) is 32.1 Å². The first kappa shape index (κ1) is 7.65. The van der Waals surface area contributed by atoms with Gasteiger partial charge in [-0.1, -0.05) is 0 Å². The van der Waals surface area contributed by atoms with Gasteiger partial charge in [0.05, 0.1) is 0 Å². The smallest absolute Gasteiger partial charge is 0.320 e. The molecule has 0 radical (unpaired) electrons. The molecule has 2 unspecified atom stereocenters. The zero-order chi connectivity index (χ0) is 8.84. The van der Waals surface area contributed by atoms with Gasteiger partial charge in [0.15, 0.2) is 0 Å². The lowest BCUT2D eigenvalue weighted by Gasteiger charge is -2.40. The van der Waals surface area contributed by atoms with Crippen molar-refractivity contribution >= 4 is 6.03 Å². The van der Waals surface area contributed by atoms with Gasteiger partial charge < -0.3 is 9.80 Å². The van der Waals surface area contributed by atoms with Crippen LogP contribution in [-0.2, 0) is 0 Å². The van der Waals surface area contributed by atoms with E-state index in [-0.39, 0.29) is 0 Å². The lowest BCUT2D eigenvalue weighted by molar-refractivity contribution is 0.103. The maximum atomic E-state index is 11.9. The maximum Gasteiger partial charge on any atom is 0.320 e. The summed E-state index contributed by atoms with van der Waals surface area (Å²) in [5.74, 6) is 0. The highest BCUT2D eigenvalue weighted by molar-refractivity contribution is 5.76. The standard InChI is InChI=1S/C10H16N2O/c13-10-11-5-1-3-8(11)7-9-4-2-6-12(9)10/h8-9H,1-7H2. The van der Waals surface area contributed by atoms with E-state index >= 15 is 0 Å². The fourth-order valence-corrected chi connectivity index (χ4v) is 3.14. The summed E-state index contributed by atoms with van der Waals surface area (Å²) in [6, 6.07) is 1.51. The van der Waals surface area contributed by atoms with Crippen molar-refractivity contribution in [1.29, 1.82) is 0 Å². The molecule has 0 aromatic carbocycles. The summed E-state index contributed by atoms with van der Waals surface area (Å²) in [6.45, 7) is 2.01. The third-order valence-corrected chi connectivity index (χ3v) is 3.79. The maximum absolute atomic E-state index is 11.9. The Morgan fingerprint density at radius 2 is 1.54 bits per heavy atom. The van der Waals surface area contributed by atoms with Crippen LogP contribution in [0.5, 0.6) is 0 Å². The molecule has 13 heavy (non-hydrogen) atoms. The van der Waals surface area contributed by atoms with Crippen LogP contribution in [0, 0.1) is 0 Å². The van der Waals surface area contributed by atoms with E-state index in [0.717, 1.165) is 13.1 Å². The summed E-state index contributed by atoms with van der Waals surface area (Å²) < 4.78 is 0. The van der Waals surface area contributed by atoms with Crippen LogP contribution in [-0.4, -0.2) is 41.0 Å². The topological polar surface area (TPSA) is 23.6 Å². The Bertz CT molecular complexity index is 219. The molecule has 3 aliphatic rings. The predicted octanol–water partition coefficient (Wildman–Crippen LogP) is 1.44. The van der Waals surface area contributed by atoms with Gasteiger partial charge in [-0.3, -0.25) is 0 Å². The van der Waals surface area contributed by atoms with Crippen molar-refractivity contribution in [3.63, 3.8) is 0 Å². The first-order valence-electron chi connectivity index (χ1n) is 5.43. The third kappa shape index (κ3) is 0.990. The first-order valence-corrected chi connectivity index (χ1v) is 5.43. The molecule has 0 bridgehead atoms. The van der Waals surface area contributed by atoms with Crippen molar-refractivity contribution in [2.45, 2.75) is 44.2 Å². The van der Waals surface area contributed by atoms with Crippen LogP contribution >= 0.6 is 0 Å². The molecule has 2 amide bonds. The summed E-state index contributed by atoms with van der Waals surface area (Å²) in [7, 11) is 0. The number of urea groups is 1. The lowest BCUT2D eigenvalue weighted by Crippen LogP contribution is -2.54. The minimum atomic E-state index is 0.330. The van der Waals surface area contributed by atoms with Crippen molar-refractivity contribution in [1.82, 2.24) is 9.80 Å². The molecule has 3 rings (SSSR count). The number of carbonyl (C=O) groups is 1. The second-order valence-corrected chi connectivity index (χ2v) is 4.50. The van der Waals surface area contributed by atoms with Gasteiger partial charge in [0, 0.05) is 25.2 Å². The molecular weight excluding hydrogens is 164 g/mol. The third-order valence-electron chi connectivity index (χ3n) is 3.79. The second kappa shape index (κ2) is 2.63. The van der Waals surface area contributed by atoms with Gasteiger partial charge in [-0.15, -0.1) is 0 Å². The SMILES string of the molecule is O=C1N2CCCC2CC2CCCN12. The molecule has 3 heteroatoms. The van der Waals surface area contributed by atoms with Crippen LogP contribution in [0.15, 0.2) is 0 Å². The fourth-order valence-electron chi connectivity index (χ4n) is 3.14. The van der Waals surface area contributed by atoms with Crippen molar-refractivity contribution in [3.8, 4) is 0 Å². The summed E-state index contributed by atoms with van der Waals surface area (Å²) in [4.78, 5) is 16.1. The predicted molar refractivity (Wildman–Crippen MR) is 49.5 cm³/mol. The number of hydrogen-bond donors (Lipinski definition) is 0. The molecule has 0 spiro atoms. The molecule has 0 aromatic heterocycles. The number of fused-ring (bicyclic) bond motifs is 2. The molecule has 2 atom stereocenters. The molecule has 0 aliphatic carbocycles. The van der Waals surface area contributed by atoms with Gasteiger partial charge in [0.25, 0.3) is 0 Å². The van der Waals surface area contributed by atoms with E-state index in [1.54, 1.807) is 0 Å². The summed E-state index contributed by atoms with van der Waals surface area (Å²) in [5, 5.41) is 0. The van der Waals surface area contributed by atoms with Crippen LogP contribution in [0.2, 0.25) is 0 Å². The number of rotatable bonds is 0. The summed E-state index contributed by atoms with van der Waals surface area (Å²) >= 11 is 0. The second-order valence-electron chi connectivity index (χ2n) is 4.50. The van der Waals surface area contributed by atoms with Gasteiger partial charge in [0.1, 0.15) is 0 Å². The molecular formula is C10H16N2O. The Labute approximate surface area is 78.7 Å². The fraction of sp³-hybridized carbons (Fsp3) is 0.900. The number of nitrogens with zero attached hydrogens (tertiary/aromatic N) is 2. The number of carbonyl (C=O) groups excluding carboxylic acids is 1.